The average molecular weight is 177 g/mol. The lowest BCUT2D eigenvalue weighted by Crippen LogP contribution is -2.07. The van der Waals surface area contributed by atoms with Crippen LogP contribution in [0, 0.1) is 5.82 Å². The number of rotatable bonds is 1. The number of pyridine rings is 1. The largest absolute Gasteiger partial charge is 0.324 e. The molecule has 1 unspecified atom stereocenters. The molecule has 1 aromatic heterocycles. The van der Waals surface area contributed by atoms with E-state index in [1.165, 1.54) is 12.4 Å². The molecule has 4 heteroatoms. The summed E-state index contributed by atoms with van der Waals surface area (Å²) in [6, 6.07) is 1.32. The molecule has 1 atom stereocenters. The quantitative estimate of drug-likeness (QED) is 0.707. The predicted octanol–water partition coefficient (Wildman–Crippen LogP) is 1.66. The lowest BCUT2D eigenvalue weighted by molar-refractivity contribution is 0.587. The van der Waals surface area contributed by atoms with Crippen LogP contribution in [-0.4, -0.2) is 4.98 Å². The zero-order valence-corrected chi connectivity index (χ0v) is 6.94. The Kier molecular flexibility index (Phi) is 4.00. The number of nitrogens with two attached hydrogens (primary N) is 1. The molecule has 0 fully saturated rings. The summed E-state index contributed by atoms with van der Waals surface area (Å²) >= 11 is 0. The maximum Gasteiger partial charge on any atom is 0.146 e. The van der Waals surface area contributed by atoms with E-state index in [1.807, 2.05) is 0 Å². The molecule has 0 aromatic carbocycles. The number of halogens is 2. The first-order valence-corrected chi connectivity index (χ1v) is 3.07. The van der Waals surface area contributed by atoms with E-state index in [2.05, 4.69) is 4.98 Å². The molecule has 2 N–H and O–H groups in total. The molecule has 0 saturated heterocycles. The fraction of sp³-hybridized carbons (Fsp3) is 0.286. The van der Waals surface area contributed by atoms with Gasteiger partial charge in [0, 0.05) is 17.8 Å². The highest BCUT2D eigenvalue weighted by Gasteiger charge is 2.03. The molecular formula is C7H10ClFN2. The Labute approximate surface area is 71.0 Å². The topological polar surface area (TPSA) is 38.9 Å². The molecule has 0 aliphatic rings. The Bertz CT molecular complexity index is 227. The van der Waals surface area contributed by atoms with Crippen LogP contribution in [0.15, 0.2) is 18.5 Å². The highest BCUT2D eigenvalue weighted by molar-refractivity contribution is 5.85. The van der Waals surface area contributed by atoms with E-state index in [4.69, 9.17) is 5.73 Å². The van der Waals surface area contributed by atoms with Gasteiger partial charge in [0.25, 0.3) is 0 Å². The molecule has 1 aromatic rings. The summed E-state index contributed by atoms with van der Waals surface area (Å²) in [7, 11) is 0. The predicted molar refractivity (Wildman–Crippen MR) is 44.0 cm³/mol. The van der Waals surface area contributed by atoms with E-state index in [0.717, 1.165) is 0 Å². The van der Waals surface area contributed by atoms with Crippen molar-refractivity contribution in [1.29, 1.82) is 0 Å². The number of aromatic nitrogens is 1. The van der Waals surface area contributed by atoms with Crippen LogP contribution in [0.4, 0.5) is 4.39 Å². The van der Waals surface area contributed by atoms with Crippen molar-refractivity contribution in [3.63, 3.8) is 0 Å². The Balaban J connectivity index is 0.000001000. The highest BCUT2D eigenvalue weighted by Crippen LogP contribution is 2.11. The standard InChI is InChI=1S/C7H9FN2.ClH/c1-5(9)6-2-3-10-4-7(6)8;/h2-5H,9H2,1H3;1H. The second-order valence-electron chi connectivity index (χ2n) is 2.19. The molecule has 1 heterocycles. The molecule has 11 heavy (non-hydrogen) atoms. The molecule has 0 spiro atoms. The van der Waals surface area contributed by atoms with Gasteiger partial charge in [0.15, 0.2) is 0 Å². The normalized spacial score (nSPS) is 11.9. The van der Waals surface area contributed by atoms with Crippen LogP contribution in [0.5, 0.6) is 0 Å². The molecule has 0 amide bonds. The van der Waals surface area contributed by atoms with Gasteiger partial charge in [0.2, 0.25) is 0 Å². The van der Waals surface area contributed by atoms with Crippen molar-refractivity contribution in [2.24, 2.45) is 5.73 Å². The zero-order valence-electron chi connectivity index (χ0n) is 6.12. The summed E-state index contributed by atoms with van der Waals surface area (Å²) in [5, 5.41) is 0. The van der Waals surface area contributed by atoms with Gasteiger partial charge in [-0.2, -0.15) is 0 Å². The molecule has 0 aliphatic heterocycles. The van der Waals surface area contributed by atoms with E-state index >= 15 is 0 Å². The summed E-state index contributed by atoms with van der Waals surface area (Å²) in [6.45, 7) is 1.73. The van der Waals surface area contributed by atoms with Gasteiger partial charge >= 0.3 is 0 Å². The number of hydrogen-bond acceptors (Lipinski definition) is 2. The van der Waals surface area contributed by atoms with Crippen molar-refractivity contribution in [1.82, 2.24) is 4.98 Å². The average Bonchev–Trinajstić information content (AvgIpc) is 1.88. The van der Waals surface area contributed by atoms with Gasteiger partial charge in [-0.15, -0.1) is 12.4 Å². The first kappa shape index (κ1) is 10.3. The van der Waals surface area contributed by atoms with Gasteiger partial charge in [0.05, 0.1) is 6.20 Å². The number of hydrogen-bond donors (Lipinski definition) is 1. The highest BCUT2D eigenvalue weighted by atomic mass is 35.5. The fourth-order valence-corrected chi connectivity index (χ4v) is 0.755. The van der Waals surface area contributed by atoms with Crippen LogP contribution in [0.1, 0.15) is 18.5 Å². The Morgan fingerprint density at radius 3 is 2.64 bits per heavy atom. The van der Waals surface area contributed by atoms with Gasteiger partial charge in [-0.25, -0.2) is 4.39 Å². The molecule has 0 saturated carbocycles. The smallest absolute Gasteiger partial charge is 0.146 e. The third kappa shape index (κ3) is 2.44. The van der Waals surface area contributed by atoms with Crippen LogP contribution in [0.3, 0.4) is 0 Å². The zero-order chi connectivity index (χ0) is 7.56. The lowest BCUT2D eigenvalue weighted by Gasteiger charge is -2.04. The second-order valence-corrected chi connectivity index (χ2v) is 2.19. The van der Waals surface area contributed by atoms with Crippen LogP contribution in [0.2, 0.25) is 0 Å². The number of nitrogens with zero attached hydrogens (tertiary/aromatic N) is 1. The maximum absolute atomic E-state index is 12.7. The van der Waals surface area contributed by atoms with Crippen molar-refractivity contribution in [2.45, 2.75) is 13.0 Å². The molecule has 1 rings (SSSR count). The summed E-state index contributed by atoms with van der Waals surface area (Å²) in [5.74, 6) is -0.336. The minimum Gasteiger partial charge on any atom is -0.324 e. The van der Waals surface area contributed by atoms with Crippen molar-refractivity contribution < 1.29 is 4.39 Å². The summed E-state index contributed by atoms with van der Waals surface area (Å²) < 4.78 is 12.7. The van der Waals surface area contributed by atoms with Crippen LogP contribution < -0.4 is 5.73 Å². The summed E-state index contributed by atoms with van der Waals surface area (Å²) in [6.07, 6.45) is 2.69. The van der Waals surface area contributed by atoms with E-state index in [0.29, 0.717) is 5.56 Å². The molecule has 62 valence electrons. The molecule has 2 nitrogen and oxygen atoms in total. The fourth-order valence-electron chi connectivity index (χ4n) is 0.755. The van der Waals surface area contributed by atoms with Crippen LogP contribution in [-0.2, 0) is 0 Å². The second kappa shape index (κ2) is 4.26. The van der Waals surface area contributed by atoms with E-state index < -0.39 is 0 Å². The minimum absolute atomic E-state index is 0. The third-order valence-electron chi connectivity index (χ3n) is 1.29. The third-order valence-corrected chi connectivity index (χ3v) is 1.29. The van der Waals surface area contributed by atoms with E-state index in [-0.39, 0.29) is 24.3 Å². The SMILES string of the molecule is CC(N)c1ccncc1F.Cl. The van der Waals surface area contributed by atoms with Crippen LogP contribution >= 0.6 is 12.4 Å². The maximum atomic E-state index is 12.7. The molecular weight excluding hydrogens is 167 g/mol. The summed E-state index contributed by atoms with van der Waals surface area (Å²) in [5.41, 5.74) is 5.96. The van der Waals surface area contributed by atoms with Gasteiger partial charge in [-0.05, 0) is 13.0 Å². The first-order valence-electron chi connectivity index (χ1n) is 3.07. The monoisotopic (exact) mass is 176 g/mol. The van der Waals surface area contributed by atoms with Crippen molar-refractivity contribution in [2.75, 3.05) is 0 Å². The van der Waals surface area contributed by atoms with Gasteiger partial charge < -0.3 is 5.73 Å². The van der Waals surface area contributed by atoms with Crippen molar-refractivity contribution >= 4 is 12.4 Å². The van der Waals surface area contributed by atoms with Gasteiger partial charge in [-0.1, -0.05) is 0 Å². The van der Waals surface area contributed by atoms with Gasteiger partial charge in [-0.3, -0.25) is 4.98 Å². The minimum atomic E-state index is -0.336. The lowest BCUT2D eigenvalue weighted by atomic mass is 10.1. The first-order chi connectivity index (χ1) is 4.72. The van der Waals surface area contributed by atoms with Gasteiger partial charge in [0.1, 0.15) is 5.82 Å². The Morgan fingerprint density at radius 1 is 1.64 bits per heavy atom. The Hall–Kier alpha value is -0.670. The van der Waals surface area contributed by atoms with E-state index in [9.17, 15) is 4.39 Å². The van der Waals surface area contributed by atoms with Crippen molar-refractivity contribution in [3.05, 3.63) is 29.8 Å². The van der Waals surface area contributed by atoms with Crippen LogP contribution in [0.25, 0.3) is 0 Å². The molecule has 0 aliphatic carbocycles. The summed E-state index contributed by atoms with van der Waals surface area (Å²) in [4.78, 5) is 3.60. The van der Waals surface area contributed by atoms with E-state index in [1.54, 1.807) is 13.0 Å². The van der Waals surface area contributed by atoms with Crippen molar-refractivity contribution in [3.8, 4) is 0 Å². The molecule has 0 radical (unpaired) electrons. The Morgan fingerprint density at radius 2 is 2.27 bits per heavy atom. The molecule has 0 bridgehead atoms.